The Balaban J connectivity index is 2.18. The summed E-state index contributed by atoms with van der Waals surface area (Å²) < 4.78 is 36.5. The predicted molar refractivity (Wildman–Crippen MR) is 78.7 cm³/mol. The minimum atomic E-state index is -3.74. The summed E-state index contributed by atoms with van der Waals surface area (Å²) in [7, 11) is -2.32. The van der Waals surface area contributed by atoms with Crippen molar-refractivity contribution in [2.24, 2.45) is 0 Å². The first-order valence-electron chi connectivity index (χ1n) is 6.12. The van der Waals surface area contributed by atoms with E-state index >= 15 is 0 Å². The zero-order chi connectivity index (χ0) is 16.7. The van der Waals surface area contributed by atoms with Gasteiger partial charge in [-0.2, -0.15) is 0 Å². The molecule has 0 radical (unpaired) electrons. The summed E-state index contributed by atoms with van der Waals surface area (Å²) in [6.07, 6.45) is 0.878. The molecular formula is C12H13ClFN3O4S. The van der Waals surface area contributed by atoms with Crippen LogP contribution in [-0.2, 0) is 14.8 Å². The first-order chi connectivity index (χ1) is 10.1. The van der Waals surface area contributed by atoms with E-state index in [-0.39, 0.29) is 11.6 Å². The quantitative estimate of drug-likeness (QED) is 0.874. The van der Waals surface area contributed by atoms with Crippen LogP contribution in [-0.4, -0.2) is 50.6 Å². The van der Waals surface area contributed by atoms with Crippen LogP contribution in [0.15, 0.2) is 18.2 Å². The molecule has 2 rings (SSSR count). The lowest BCUT2D eigenvalue weighted by molar-refractivity contribution is -0.119. The van der Waals surface area contributed by atoms with E-state index in [1.807, 2.05) is 0 Å². The van der Waals surface area contributed by atoms with Crippen LogP contribution >= 0.6 is 11.6 Å². The van der Waals surface area contributed by atoms with Crippen molar-refractivity contribution in [1.82, 2.24) is 9.62 Å². The molecule has 0 aliphatic carbocycles. The number of hydrogen-bond acceptors (Lipinski definition) is 4. The fourth-order valence-corrected chi connectivity index (χ4v) is 2.94. The number of urea groups is 1. The average molecular weight is 350 g/mol. The Labute approximate surface area is 131 Å². The Morgan fingerprint density at radius 3 is 2.64 bits per heavy atom. The van der Waals surface area contributed by atoms with E-state index in [0.29, 0.717) is 9.99 Å². The van der Waals surface area contributed by atoms with Crippen molar-refractivity contribution < 1.29 is 22.4 Å². The molecule has 1 atom stereocenters. The lowest BCUT2D eigenvalue weighted by Crippen LogP contribution is -2.44. The SMILES string of the molecule is CN(C(=O)C1CN(S(C)(=O)=O)C(=O)N1)c1ccc(F)c(Cl)c1. The summed E-state index contributed by atoms with van der Waals surface area (Å²) in [6, 6.07) is 1.85. The van der Waals surface area contributed by atoms with Gasteiger partial charge < -0.3 is 10.2 Å². The van der Waals surface area contributed by atoms with Crippen LogP contribution in [0.1, 0.15) is 0 Å². The highest BCUT2D eigenvalue weighted by molar-refractivity contribution is 7.88. The second kappa shape index (κ2) is 5.73. The van der Waals surface area contributed by atoms with Gasteiger partial charge in [0.15, 0.2) is 0 Å². The molecule has 1 aliphatic heterocycles. The van der Waals surface area contributed by atoms with Gasteiger partial charge in [0.2, 0.25) is 10.0 Å². The molecule has 1 fully saturated rings. The van der Waals surface area contributed by atoms with Crippen LogP contribution < -0.4 is 10.2 Å². The van der Waals surface area contributed by atoms with Crippen molar-refractivity contribution in [2.75, 3.05) is 24.7 Å². The number of hydrogen-bond donors (Lipinski definition) is 1. The van der Waals surface area contributed by atoms with E-state index in [1.165, 1.54) is 24.1 Å². The molecule has 0 aromatic heterocycles. The molecule has 1 saturated heterocycles. The lowest BCUT2D eigenvalue weighted by Gasteiger charge is -2.21. The third-order valence-electron chi connectivity index (χ3n) is 3.19. The summed E-state index contributed by atoms with van der Waals surface area (Å²) in [5.41, 5.74) is 0.323. The van der Waals surface area contributed by atoms with Gasteiger partial charge in [-0.15, -0.1) is 0 Å². The van der Waals surface area contributed by atoms with Crippen molar-refractivity contribution in [1.29, 1.82) is 0 Å². The zero-order valence-electron chi connectivity index (χ0n) is 11.7. The molecular weight excluding hydrogens is 337 g/mol. The Morgan fingerprint density at radius 1 is 1.50 bits per heavy atom. The molecule has 7 nitrogen and oxygen atoms in total. The molecule has 120 valence electrons. The largest absolute Gasteiger partial charge is 0.331 e. The van der Waals surface area contributed by atoms with Crippen LogP contribution in [0.25, 0.3) is 0 Å². The van der Waals surface area contributed by atoms with Crippen LogP contribution in [0.2, 0.25) is 5.02 Å². The molecule has 1 heterocycles. The van der Waals surface area contributed by atoms with E-state index < -0.39 is 33.8 Å². The summed E-state index contributed by atoms with van der Waals surface area (Å²) in [6.45, 7) is -0.296. The van der Waals surface area contributed by atoms with Crippen molar-refractivity contribution >= 4 is 39.2 Å². The van der Waals surface area contributed by atoms with Crippen molar-refractivity contribution in [3.63, 3.8) is 0 Å². The van der Waals surface area contributed by atoms with Gasteiger partial charge in [0.1, 0.15) is 11.9 Å². The number of halogens is 2. The van der Waals surface area contributed by atoms with Crippen LogP contribution in [0.4, 0.5) is 14.9 Å². The summed E-state index contributed by atoms with van der Waals surface area (Å²) in [5.74, 6) is -1.16. The summed E-state index contributed by atoms with van der Waals surface area (Å²) in [4.78, 5) is 25.1. The highest BCUT2D eigenvalue weighted by Gasteiger charge is 2.39. The molecule has 22 heavy (non-hydrogen) atoms. The molecule has 1 aromatic carbocycles. The summed E-state index contributed by atoms with van der Waals surface area (Å²) >= 11 is 5.66. The third-order valence-corrected chi connectivity index (χ3v) is 4.60. The normalized spacial score (nSPS) is 18.3. The Kier molecular flexibility index (Phi) is 4.30. The minimum Gasteiger partial charge on any atom is -0.323 e. The minimum absolute atomic E-state index is 0.148. The van der Waals surface area contributed by atoms with E-state index in [0.717, 1.165) is 12.3 Å². The van der Waals surface area contributed by atoms with E-state index in [1.54, 1.807) is 0 Å². The van der Waals surface area contributed by atoms with Gasteiger partial charge in [0.25, 0.3) is 5.91 Å². The zero-order valence-corrected chi connectivity index (χ0v) is 13.3. The predicted octanol–water partition coefficient (Wildman–Crippen LogP) is 0.795. The maximum atomic E-state index is 13.1. The number of anilines is 1. The molecule has 0 spiro atoms. The number of sulfonamides is 1. The molecule has 1 unspecified atom stereocenters. The lowest BCUT2D eigenvalue weighted by atomic mass is 10.2. The van der Waals surface area contributed by atoms with E-state index in [4.69, 9.17) is 11.6 Å². The summed E-state index contributed by atoms with van der Waals surface area (Å²) in [5, 5.41) is 2.15. The molecule has 0 saturated carbocycles. The highest BCUT2D eigenvalue weighted by atomic mass is 35.5. The average Bonchev–Trinajstić information content (AvgIpc) is 2.82. The second-order valence-corrected chi connectivity index (χ2v) is 7.11. The topological polar surface area (TPSA) is 86.8 Å². The smallest absolute Gasteiger partial charge is 0.323 e. The van der Waals surface area contributed by atoms with Gasteiger partial charge in [-0.05, 0) is 18.2 Å². The Hall–Kier alpha value is -1.87. The van der Waals surface area contributed by atoms with Crippen LogP contribution in [0.5, 0.6) is 0 Å². The number of carbonyl (C=O) groups is 2. The Bertz CT molecular complexity index is 740. The maximum absolute atomic E-state index is 13.1. The first kappa shape index (κ1) is 16.5. The fourth-order valence-electron chi connectivity index (χ4n) is 2.00. The number of likely N-dealkylation sites (N-methyl/N-ethyl adjacent to an activating group) is 1. The molecule has 1 aliphatic rings. The van der Waals surface area contributed by atoms with Crippen molar-refractivity contribution in [3.05, 3.63) is 29.0 Å². The second-order valence-electron chi connectivity index (χ2n) is 4.79. The number of nitrogens with one attached hydrogen (secondary N) is 1. The molecule has 1 N–H and O–H groups in total. The monoisotopic (exact) mass is 349 g/mol. The van der Waals surface area contributed by atoms with Crippen molar-refractivity contribution in [3.8, 4) is 0 Å². The van der Waals surface area contributed by atoms with Gasteiger partial charge in [0.05, 0.1) is 17.8 Å². The third kappa shape index (κ3) is 3.14. The number of rotatable bonds is 3. The first-order valence-corrected chi connectivity index (χ1v) is 8.34. The van der Waals surface area contributed by atoms with E-state index in [9.17, 15) is 22.4 Å². The molecule has 0 bridgehead atoms. The van der Waals surface area contributed by atoms with Gasteiger partial charge in [-0.3, -0.25) is 4.79 Å². The molecule has 1 aromatic rings. The number of nitrogens with zero attached hydrogens (tertiary/aromatic N) is 2. The van der Waals surface area contributed by atoms with Gasteiger partial charge in [0, 0.05) is 12.7 Å². The van der Waals surface area contributed by atoms with Crippen LogP contribution in [0.3, 0.4) is 0 Å². The van der Waals surface area contributed by atoms with Crippen LogP contribution in [0, 0.1) is 5.82 Å². The highest BCUT2D eigenvalue weighted by Crippen LogP contribution is 2.23. The number of carbonyl (C=O) groups excluding carboxylic acids is 2. The number of benzene rings is 1. The van der Waals surface area contributed by atoms with Crippen molar-refractivity contribution in [2.45, 2.75) is 6.04 Å². The molecule has 10 heteroatoms. The maximum Gasteiger partial charge on any atom is 0.331 e. The Morgan fingerprint density at radius 2 is 2.14 bits per heavy atom. The number of amides is 3. The fraction of sp³-hybridized carbons (Fsp3) is 0.333. The van der Waals surface area contributed by atoms with E-state index in [2.05, 4.69) is 5.32 Å². The van der Waals surface area contributed by atoms with Gasteiger partial charge in [-0.25, -0.2) is 21.9 Å². The molecule has 3 amide bonds. The van der Waals surface area contributed by atoms with Gasteiger partial charge in [-0.1, -0.05) is 11.6 Å². The standard InChI is InChI=1S/C12H13ClFN3O4S/c1-16(7-3-4-9(14)8(13)5-7)11(18)10-6-17(12(19)15-10)22(2,20)21/h3-5,10H,6H2,1-2H3,(H,15,19). The van der Waals surface area contributed by atoms with Gasteiger partial charge >= 0.3 is 6.03 Å².